The summed E-state index contributed by atoms with van der Waals surface area (Å²) in [6, 6.07) is 0.420. The summed E-state index contributed by atoms with van der Waals surface area (Å²) < 4.78 is 0. The highest BCUT2D eigenvalue weighted by atomic mass is 16.2. The first-order valence-corrected chi connectivity index (χ1v) is 7.20. The molecular formula is C15H27NO. The van der Waals surface area contributed by atoms with E-state index in [1.807, 2.05) is 0 Å². The second kappa shape index (κ2) is 4.62. The van der Waals surface area contributed by atoms with Gasteiger partial charge in [0.1, 0.15) is 0 Å². The van der Waals surface area contributed by atoms with Crippen LogP contribution in [0, 0.1) is 23.2 Å². The van der Waals surface area contributed by atoms with Gasteiger partial charge in [-0.15, -0.1) is 0 Å². The first kappa shape index (κ1) is 12.9. The summed E-state index contributed by atoms with van der Waals surface area (Å²) in [6.45, 7) is 9.10. The Hall–Kier alpha value is -0.530. The summed E-state index contributed by atoms with van der Waals surface area (Å²) >= 11 is 0. The van der Waals surface area contributed by atoms with E-state index in [2.05, 4.69) is 33.0 Å². The molecule has 2 fully saturated rings. The molecule has 2 rings (SSSR count). The Morgan fingerprint density at radius 3 is 2.29 bits per heavy atom. The number of hydrogen-bond acceptors (Lipinski definition) is 1. The van der Waals surface area contributed by atoms with Crippen LogP contribution in [0.5, 0.6) is 0 Å². The quantitative estimate of drug-likeness (QED) is 0.784. The maximum absolute atomic E-state index is 12.0. The molecule has 0 aliphatic heterocycles. The van der Waals surface area contributed by atoms with E-state index >= 15 is 0 Å². The maximum atomic E-state index is 12.0. The zero-order valence-electron chi connectivity index (χ0n) is 11.8. The van der Waals surface area contributed by atoms with Crippen molar-refractivity contribution in [2.24, 2.45) is 23.2 Å². The van der Waals surface area contributed by atoms with Crippen LogP contribution in [0.3, 0.4) is 0 Å². The van der Waals surface area contributed by atoms with Crippen molar-refractivity contribution in [2.75, 3.05) is 0 Å². The lowest BCUT2D eigenvalue weighted by atomic mass is 9.69. The molecule has 0 aromatic carbocycles. The summed E-state index contributed by atoms with van der Waals surface area (Å²) in [5.41, 5.74) is 0.313. The zero-order valence-corrected chi connectivity index (χ0v) is 11.8. The normalized spacial score (nSPS) is 37.6. The van der Waals surface area contributed by atoms with Crippen molar-refractivity contribution < 1.29 is 4.79 Å². The average Bonchev–Trinajstić information content (AvgIpc) is 2.95. The molecule has 0 aromatic heterocycles. The Morgan fingerprint density at radius 1 is 1.18 bits per heavy atom. The minimum atomic E-state index is 0.313. The molecule has 1 N–H and O–H groups in total. The van der Waals surface area contributed by atoms with Gasteiger partial charge in [-0.3, -0.25) is 4.79 Å². The molecule has 2 aliphatic rings. The van der Waals surface area contributed by atoms with Crippen LogP contribution in [0.4, 0.5) is 0 Å². The third-order valence-electron chi connectivity index (χ3n) is 4.65. The predicted molar refractivity (Wildman–Crippen MR) is 70.6 cm³/mol. The second-order valence-electron chi connectivity index (χ2n) is 7.19. The molecule has 0 radical (unpaired) electrons. The third-order valence-corrected chi connectivity index (χ3v) is 4.65. The van der Waals surface area contributed by atoms with Crippen LogP contribution in [0.2, 0.25) is 0 Å². The average molecular weight is 237 g/mol. The molecule has 0 heterocycles. The van der Waals surface area contributed by atoms with Gasteiger partial charge in [-0.2, -0.15) is 0 Å². The van der Waals surface area contributed by atoms with Crippen LogP contribution in [0.1, 0.15) is 59.8 Å². The summed E-state index contributed by atoms with van der Waals surface area (Å²) in [6.07, 6.45) is 6.15. The SMILES string of the molecule is C[C@H]1C[C@H]1C(=O)N[C@@H]1CCCC[C@@H]1C(C)(C)C. The topological polar surface area (TPSA) is 29.1 Å². The zero-order chi connectivity index (χ0) is 12.6. The van der Waals surface area contributed by atoms with E-state index in [1.54, 1.807) is 0 Å². The molecule has 0 bridgehead atoms. The molecule has 0 unspecified atom stereocenters. The van der Waals surface area contributed by atoms with Crippen LogP contribution >= 0.6 is 0 Å². The maximum Gasteiger partial charge on any atom is 0.223 e. The van der Waals surface area contributed by atoms with Crippen molar-refractivity contribution in [1.29, 1.82) is 0 Å². The Balaban J connectivity index is 1.94. The van der Waals surface area contributed by atoms with Gasteiger partial charge >= 0.3 is 0 Å². The highest BCUT2D eigenvalue weighted by Crippen LogP contribution is 2.40. The van der Waals surface area contributed by atoms with E-state index in [0.29, 0.717) is 35.1 Å². The van der Waals surface area contributed by atoms with Gasteiger partial charge in [0.25, 0.3) is 0 Å². The van der Waals surface area contributed by atoms with Crippen LogP contribution < -0.4 is 5.32 Å². The number of carbonyl (C=O) groups is 1. The van der Waals surface area contributed by atoms with Crippen LogP contribution in [-0.4, -0.2) is 11.9 Å². The molecule has 2 saturated carbocycles. The number of carbonyl (C=O) groups excluding carboxylic acids is 1. The lowest BCUT2D eigenvalue weighted by molar-refractivity contribution is -0.124. The van der Waals surface area contributed by atoms with Crippen molar-refractivity contribution in [3.8, 4) is 0 Å². The monoisotopic (exact) mass is 237 g/mol. The fraction of sp³-hybridized carbons (Fsp3) is 0.933. The van der Waals surface area contributed by atoms with Crippen molar-refractivity contribution in [2.45, 2.75) is 65.8 Å². The van der Waals surface area contributed by atoms with Crippen LogP contribution in [-0.2, 0) is 4.79 Å². The van der Waals surface area contributed by atoms with E-state index in [4.69, 9.17) is 0 Å². The van der Waals surface area contributed by atoms with Crippen molar-refractivity contribution in [3.63, 3.8) is 0 Å². The largest absolute Gasteiger partial charge is 0.353 e. The molecule has 2 nitrogen and oxygen atoms in total. The smallest absolute Gasteiger partial charge is 0.223 e. The van der Waals surface area contributed by atoms with E-state index in [-0.39, 0.29) is 0 Å². The molecule has 2 aliphatic carbocycles. The van der Waals surface area contributed by atoms with Gasteiger partial charge in [-0.1, -0.05) is 40.5 Å². The van der Waals surface area contributed by atoms with Gasteiger partial charge in [-0.25, -0.2) is 0 Å². The highest BCUT2D eigenvalue weighted by Gasteiger charge is 2.42. The van der Waals surface area contributed by atoms with E-state index in [1.165, 1.54) is 25.7 Å². The van der Waals surface area contributed by atoms with E-state index in [0.717, 1.165) is 6.42 Å². The molecule has 0 aromatic rings. The van der Waals surface area contributed by atoms with Crippen molar-refractivity contribution in [1.82, 2.24) is 5.32 Å². The minimum Gasteiger partial charge on any atom is -0.353 e. The van der Waals surface area contributed by atoms with Crippen molar-refractivity contribution in [3.05, 3.63) is 0 Å². The van der Waals surface area contributed by atoms with Gasteiger partial charge in [-0.05, 0) is 36.5 Å². The Kier molecular flexibility index (Phi) is 3.51. The first-order chi connectivity index (χ1) is 7.89. The molecule has 2 heteroatoms. The van der Waals surface area contributed by atoms with Crippen LogP contribution in [0.15, 0.2) is 0 Å². The van der Waals surface area contributed by atoms with E-state index < -0.39 is 0 Å². The number of amides is 1. The lowest BCUT2D eigenvalue weighted by Crippen LogP contribution is -2.47. The van der Waals surface area contributed by atoms with Crippen LogP contribution in [0.25, 0.3) is 0 Å². The fourth-order valence-corrected chi connectivity index (χ4v) is 3.32. The second-order valence-corrected chi connectivity index (χ2v) is 7.19. The highest BCUT2D eigenvalue weighted by molar-refractivity contribution is 5.81. The molecule has 0 spiro atoms. The van der Waals surface area contributed by atoms with Gasteiger partial charge < -0.3 is 5.32 Å². The predicted octanol–water partition coefficient (Wildman–Crippen LogP) is 3.36. The van der Waals surface area contributed by atoms with E-state index in [9.17, 15) is 4.79 Å². The standard InChI is InChI=1S/C15H27NO/c1-10-9-11(10)14(17)16-13-8-6-5-7-12(13)15(2,3)4/h10-13H,5-9H2,1-4H3,(H,16,17)/t10-,11+,12-,13+/m0/s1. The van der Waals surface area contributed by atoms with Gasteiger partial charge in [0.2, 0.25) is 5.91 Å². The summed E-state index contributed by atoms with van der Waals surface area (Å²) in [7, 11) is 0. The Labute approximate surface area is 106 Å². The number of rotatable bonds is 2. The van der Waals surface area contributed by atoms with Crippen molar-refractivity contribution >= 4 is 5.91 Å². The number of hydrogen-bond donors (Lipinski definition) is 1. The Morgan fingerprint density at radius 2 is 1.76 bits per heavy atom. The fourth-order valence-electron chi connectivity index (χ4n) is 3.32. The molecule has 17 heavy (non-hydrogen) atoms. The molecule has 1 amide bonds. The third kappa shape index (κ3) is 3.02. The molecule has 98 valence electrons. The molecular weight excluding hydrogens is 210 g/mol. The number of nitrogens with one attached hydrogen (secondary N) is 1. The van der Waals surface area contributed by atoms with Gasteiger partial charge in [0.05, 0.1) is 0 Å². The minimum absolute atomic E-state index is 0.313. The summed E-state index contributed by atoms with van der Waals surface area (Å²) in [4.78, 5) is 12.0. The lowest BCUT2D eigenvalue weighted by Gasteiger charge is -2.40. The van der Waals surface area contributed by atoms with Gasteiger partial charge in [0.15, 0.2) is 0 Å². The van der Waals surface area contributed by atoms with Gasteiger partial charge in [0, 0.05) is 12.0 Å². The molecule has 0 saturated heterocycles. The summed E-state index contributed by atoms with van der Waals surface area (Å²) in [5.74, 6) is 1.90. The summed E-state index contributed by atoms with van der Waals surface area (Å²) in [5, 5.41) is 3.33. The Bertz CT molecular complexity index is 292. The molecule has 4 atom stereocenters. The first-order valence-electron chi connectivity index (χ1n) is 7.20.